The van der Waals surface area contributed by atoms with E-state index in [1.165, 1.54) is 0 Å². The highest BCUT2D eigenvalue weighted by Crippen LogP contribution is 2.40. The molecule has 0 saturated heterocycles. The molecule has 1 aliphatic rings. The van der Waals surface area contributed by atoms with Crippen LogP contribution < -0.4 is 14.2 Å². The number of anilines is 2. The summed E-state index contributed by atoms with van der Waals surface area (Å²) in [4.78, 5) is 6.35. The molecule has 1 aromatic heterocycles. The van der Waals surface area contributed by atoms with Crippen LogP contribution in [0.4, 0.5) is 11.6 Å². The molecule has 3 aromatic rings. The quantitative estimate of drug-likeness (QED) is 0.753. The minimum absolute atomic E-state index is 0.400. The third-order valence-electron chi connectivity index (χ3n) is 4.33. The van der Waals surface area contributed by atoms with Crippen molar-refractivity contribution in [2.75, 3.05) is 12.0 Å². The summed E-state index contributed by atoms with van der Waals surface area (Å²) < 4.78 is 7.18. The molecule has 2 aromatic carbocycles. The van der Waals surface area contributed by atoms with Crippen LogP contribution in [0.25, 0.3) is 0 Å². The third kappa shape index (κ3) is 2.21. The van der Waals surface area contributed by atoms with E-state index < -0.39 is 5.72 Å². The Morgan fingerprint density at radius 3 is 2.54 bits per heavy atom. The van der Waals surface area contributed by atoms with Gasteiger partial charge in [0.15, 0.2) is 0 Å². The predicted molar refractivity (Wildman–Crippen MR) is 89.9 cm³/mol. The van der Waals surface area contributed by atoms with E-state index in [-0.39, 0.29) is 0 Å². The number of hydrogen-bond acceptors (Lipinski definition) is 4. The van der Waals surface area contributed by atoms with E-state index in [0.717, 1.165) is 17.0 Å². The summed E-state index contributed by atoms with van der Waals surface area (Å²) in [5, 5.41) is 11.6. The van der Waals surface area contributed by atoms with Gasteiger partial charge < -0.3 is 9.84 Å². The molecule has 0 spiro atoms. The molecule has 0 fully saturated rings. The van der Waals surface area contributed by atoms with Crippen molar-refractivity contribution in [1.29, 1.82) is 0 Å². The molecule has 4 rings (SSSR count). The summed E-state index contributed by atoms with van der Waals surface area (Å²) >= 11 is 0. The Labute approximate surface area is 140 Å². The van der Waals surface area contributed by atoms with Crippen molar-refractivity contribution in [3.63, 3.8) is 0 Å². The van der Waals surface area contributed by atoms with Gasteiger partial charge in [-0.2, -0.15) is 4.90 Å². The van der Waals surface area contributed by atoms with Gasteiger partial charge >= 0.3 is 5.95 Å². The van der Waals surface area contributed by atoms with Crippen LogP contribution in [-0.4, -0.2) is 17.2 Å². The van der Waals surface area contributed by atoms with E-state index in [4.69, 9.17) is 4.74 Å². The second kappa shape index (κ2) is 5.62. The minimum atomic E-state index is -1.21. The highest BCUT2D eigenvalue weighted by atomic mass is 16.5. The van der Waals surface area contributed by atoms with Crippen LogP contribution in [0.5, 0.6) is 5.75 Å². The molecular formula is C19H18N3O2+. The van der Waals surface area contributed by atoms with Crippen molar-refractivity contribution in [3.8, 4) is 5.75 Å². The Bertz CT molecular complexity index is 852. The number of hydrogen-bond donors (Lipinski definition) is 1. The molecule has 2 heterocycles. The topological polar surface area (TPSA) is 49.5 Å². The molecule has 0 amide bonds. The third-order valence-corrected chi connectivity index (χ3v) is 4.33. The lowest BCUT2D eigenvalue weighted by Gasteiger charge is -2.28. The lowest BCUT2D eigenvalue weighted by Crippen LogP contribution is -2.43. The number of para-hydroxylation sites is 1. The second-order valence-corrected chi connectivity index (χ2v) is 5.76. The lowest BCUT2D eigenvalue weighted by molar-refractivity contribution is -0.685. The number of fused-ring (bicyclic) bond motifs is 1. The van der Waals surface area contributed by atoms with E-state index in [1.807, 2.05) is 76.3 Å². The Morgan fingerprint density at radius 2 is 1.83 bits per heavy atom. The highest BCUT2D eigenvalue weighted by molar-refractivity contribution is 5.60. The summed E-state index contributed by atoms with van der Waals surface area (Å²) in [6, 6.07) is 19.2. The first kappa shape index (κ1) is 14.7. The van der Waals surface area contributed by atoms with Gasteiger partial charge in [-0.05, 0) is 36.4 Å². The number of aliphatic hydroxyl groups is 1. The molecule has 0 bridgehead atoms. The zero-order valence-corrected chi connectivity index (χ0v) is 13.3. The first-order chi connectivity index (χ1) is 11.7. The maximum atomic E-state index is 11.6. The van der Waals surface area contributed by atoms with Gasteiger partial charge in [-0.3, -0.25) is 0 Å². The van der Waals surface area contributed by atoms with Crippen molar-refractivity contribution in [2.45, 2.75) is 12.3 Å². The van der Waals surface area contributed by atoms with E-state index in [9.17, 15) is 5.11 Å². The normalized spacial score (nSPS) is 19.2. The maximum Gasteiger partial charge on any atom is 0.401 e. The SMILES string of the molecule is COc1ccc(C2(O)C[n+]3cccnc3N2c2ccccc2)cc1. The first-order valence-electron chi connectivity index (χ1n) is 7.79. The van der Waals surface area contributed by atoms with E-state index in [2.05, 4.69) is 4.98 Å². The van der Waals surface area contributed by atoms with E-state index in [0.29, 0.717) is 12.5 Å². The van der Waals surface area contributed by atoms with Crippen LogP contribution in [-0.2, 0) is 12.3 Å². The molecule has 1 aliphatic heterocycles. The van der Waals surface area contributed by atoms with Crippen LogP contribution in [0.2, 0.25) is 0 Å². The van der Waals surface area contributed by atoms with Gasteiger partial charge in [0.1, 0.15) is 24.2 Å². The van der Waals surface area contributed by atoms with Gasteiger partial charge in [0.2, 0.25) is 5.72 Å². The molecule has 0 aliphatic carbocycles. The van der Waals surface area contributed by atoms with Gasteiger partial charge in [0.25, 0.3) is 0 Å². The second-order valence-electron chi connectivity index (χ2n) is 5.76. The molecule has 1 N–H and O–H groups in total. The molecular weight excluding hydrogens is 302 g/mol. The predicted octanol–water partition coefficient (Wildman–Crippen LogP) is 2.37. The van der Waals surface area contributed by atoms with Crippen LogP contribution in [0.3, 0.4) is 0 Å². The largest absolute Gasteiger partial charge is 0.497 e. The van der Waals surface area contributed by atoms with Crippen molar-refractivity contribution in [3.05, 3.63) is 78.6 Å². The molecule has 1 unspecified atom stereocenters. The average Bonchev–Trinajstić information content (AvgIpc) is 2.95. The first-order valence-corrected chi connectivity index (χ1v) is 7.79. The molecule has 24 heavy (non-hydrogen) atoms. The highest BCUT2D eigenvalue weighted by Gasteiger charge is 2.52. The van der Waals surface area contributed by atoms with Gasteiger partial charge in [-0.25, -0.2) is 4.57 Å². The van der Waals surface area contributed by atoms with Gasteiger partial charge in [0, 0.05) is 11.6 Å². The maximum absolute atomic E-state index is 11.6. The van der Waals surface area contributed by atoms with E-state index >= 15 is 0 Å². The number of benzene rings is 2. The smallest absolute Gasteiger partial charge is 0.401 e. The summed E-state index contributed by atoms with van der Waals surface area (Å²) in [6.07, 6.45) is 3.67. The summed E-state index contributed by atoms with van der Waals surface area (Å²) in [5.74, 6) is 1.47. The van der Waals surface area contributed by atoms with Crippen molar-refractivity contribution >= 4 is 11.6 Å². The average molecular weight is 320 g/mol. The summed E-state index contributed by atoms with van der Waals surface area (Å²) in [5.41, 5.74) is 0.466. The Hall–Kier alpha value is -2.92. The van der Waals surface area contributed by atoms with Crippen LogP contribution in [0.1, 0.15) is 5.56 Å². The number of ether oxygens (including phenoxy) is 1. The Morgan fingerprint density at radius 1 is 1.08 bits per heavy atom. The van der Waals surface area contributed by atoms with Gasteiger partial charge in [-0.15, -0.1) is 0 Å². The Balaban J connectivity index is 1.87. The van der Waals surface area contributed by atoms with Crippen LogP contribution in [0, 0.1) is 0 Å². The van der Waals surface area contributed by atoms with Gasteiger partial charge in [0.05, 0.1) is 13.3 Å². The van der Waals surface area contributed by atoms with Crippen LogP contribution >= 0.6 is 0 Å². The van der Waals surface area contributed by atoms with Crippen LogP contribution in [0.15, 0.2) is 73.1 Å². The zero-order chi connectivity index (χ0) is 16.6. The van der Waals surface area contributed by atoms with E-state index in [1.54, 1.807) is 13.3 Å². The molecule has 5 heteroatoms. The molecule has 0 radical (unpaired) electrons. The number of aromatic nitrogens is 2. The fraction of sp³-hybridized carbons (Fsp3) is 0.158. The molecule has 1 atom stereocenters. The molecule has 5 nitrogen and oxygen atoms in total. The fourth-order valence-electron chi connectivity index (χ4n) is 3.16. The lowest BCUT2D eigenvalue weighted by atomic mass is 10.0. The summed E-state index contributed by atoms with van der Waals surface area (Å²) in [6.45, 7) is 0.400. The van der Waals surface area contributed by atoms with Crippen molar-refractivity contribution in [1.82, 2.24) is 4.98 Å². The fourth-order valence-corrected chi connectivity index (χ4v) is 3.16. The minimum Gasteiger partial charge on any atom is -0.497 e. The molecule has 0 saturated carbocycles. The molecule has 120 valence electrons. The van der Waals surface area contributed by atoms with Crippen molar-refractivity contribution in [2.24, 2.45) is 0 Å². The number of nitrogens with zero attached hydrogens (tertiary/aromatic N) is 3. The monoisotopic (exact) mass is 320 g/mol. The number of methoxy groups -OCH3 is 1. The Kier molecular flexibility index (Phi) is 3.43. The zero-order valence-electron chi connectivity index (χ0n) is 13.3. The number of rotatable bonds is 3. The summed E-state index contributed by atoms with van der Waals surface area (Å²) in [7, 11) is 1.63. The van der Waals surface area contributed by atoms with Crippen molar-refractivity contribution < 1.29 is 14.4 Å². The van der Waals surface area contributed by atoms with Gasteiger partial charge in [-0.1, -0.05) is 23.2 Å². The standard InChI is InChI=1S/C19H18N3O2/c1-24-17-10-8-15(9-11-17)19(23)14-21-13-5-12-20-18(21)22(19)16-6-3-2-4-7-16/h2-13,23H,14H2,1H3/q+1.